The van der Waals surface area contributed by atoms with Crippen molar-refractivity contribution >= 4 is 17.4 Å². The molecule has 5 nitrogen and oxygen atoms in total. The van der Waals surface area contributed by atoms with Gasteiger partial charge in [0.05, 0.1) is 24.6 Å². The van der Waals surface area contributed by atoms with Gasteiger partial charge in [0.25, 0.3) is 0 Å². The zero-order chi connectivity index (χ0) is 17.3. The first kappa shape index (κ1) is 16.1. The molecule has 0 spiro atoms. The molecule has 124 valence electrons. The SMILES string of the molecule is COc1cccc(N2N=C(C)C(C(=O)O)C2c2ccc(C)cc2)c1. The monoisotopic (exact) mass is 324 g/mol. The van der Waals surface area contributed by atoms with Gasteiger partial charge in [0.2, 0.25) is 0 Å². The number of aryl methyl sites for hydroxylation is 1. The highest BCUT2D eigenvalue weighted by Gasteiger charge is 2.41. The van der Waals surface area contributed by atoms with Crippen molar-refractivity contribution in [2.75, 3.05) is 12.1 Å². The number of rotatable bonds is 4. The van der Waals surface area contributed by atoms with E-state index >= 15 is 0 Å². The van der Waals surface area contributed by atoms with Crippen molar-refractivity contribution in [3.05, 3.63) is 59.7 Å². The van der Waals surface area contributed by atoms with Gasteiger partial charge in [0, 0.05) is 6.07 Å². The summed E-state index contributed by atoms with van der Waals surface area (Å²) in [6.45, 7) is 3.77. The average molecular weight is 324 g/mol. The molecule has 24 heavy (non-hydrogen) atoms. The number of anilines is 1. The van der Waals surface area contributed by atoms with Crippen LogP contribution < -0.4 is 9.75 Å². The van der Waals surface area contributed by atoms with Crippen LogP contribution in [0.3, 0.4) is 0 Å². The topological polar surface area (TPSA) is 62.1 Å². The van der Waals surface area contributed by atoms with Crippen molar-refractivity contribution in [1.82, 2.24) is 0 Å². The van der Waals surface area contributed by atoms with Crippen LogP contribution in [0.2, 0.25) is 0 Å². The Bertz CT molecular complexity index is 783. The maximum absolute atomic E-state index is 11.8. The quantitative estimate of drug-likeness (QED) is 0.932. The van der Waals surface area contributed by atoms with Gasteiger partial charge in [-0.2, -0.15) is 5.10 Å². The first-order valence-corrected chi connectivity index (χ1v) is 7.79. The molecule has 2 unspecified atom stereocenters. The minimum atomic E-state index is -0.868. The zero-order valence-electron chi connectivity index (χ0n) is 13.9. The third kappa shape index (κ3) is 2.85. The standard InChI is InChI=1S/C19H20N2O3/c1-12-7-9-14(10-8-12)18-17(19(22)23)13(2)20-21(18)15-5-4-6-16(11-15)24-3/h4-11,17-18H,1-3H3,(H,22,23). The first-order chi connectivity index (χ1) is 11.5. The Morgan fingerprint density at radius 3 is 2.50 bits per heavy atom. The van der Waals surface area contributed by atoms with Crippen LogP contribution in [0.15, 0.2) is 53.6 Å². The van der Waals surface area contributed by atoms with E-state index in [1.165, 1.54) is 0 Å². The fraction of sp³-hybridized carbons (Fsp3) is 0.263. The van der Waals surface area contributed by atoms with Crippen LogP contribution in [-0.2, 0) is 4.79 Å². The molecule has 0 fully saturated rings. The summed E-state index contributed by atoms with van der Waals surface area (Å²) in [5, 5.41) is 16.0. The molecule has 0 amide bonds. The molecule has 1 aliphatic rings. The molecule has 3 rings (SSSR count). The van der Waals surface area contributed by atoms with Gasteiger partial charge in [-0.15, -0.1) is 0 Å². The van der Waals surface area contributed by atoms with Crippen LogP contribution in [0, 0.1) is 12.8 Å². The smallest absolute Gasteiger partial charge is 0.314 e. The number of hydrazone groups is 1. The van der Waals surface area contributed by atoms with E-state index in [9.17, 15) is 9.90 Å². The Hall–Kier alpha value is -2.82. The van der Waals surface area contributed by atoms with Crippen molar-refractivity contribution < 1.29 is 14.6 Å². The Kier molecular flexibility index (Phi) is 4.25. The molecule has 1 aliphatic heterocycles. The molecule has 1 heterocycles. The Balaban J connectivity index is 2.08. The summed E-state index contributed by atoms with van der Waals surface area (Å²) in [6.07, 6.45) is 0. The predicted molar refractivity (Wildman–Crippen MR) is 93.6 cm³/mol. The molecular formula is C19H20N2O3. The van der Waals surface area contributed by atoms with Gasteiger partial charge in [-0.05, 0) is 31.5 Å². The molecule has 1 N–H and O–H groups in total. The van der Waals surface area contributed by atoms with E-state index in [2.05, 4.69) is 5.10 Å². The average Bonchev–Trinajstić information content (AvgIpc) is 2.93. The number of hydrogen-bond acceptors (Lipinski definition) is 4. The van der Waals surface area contributed by atoms with Crippen molar-refractivity contribution in [1.29, 1.82) is 0 Å². The molecule has 0 radical (unpaired) electrons. The van der Waals surface area contributed by atoms with Crippen molar-refractivity contribution in [2.45, 2.75) is 19.9 Å². The Morgan fingerprint density at radius 1 is 1.17 bits per heavy atom. The Morgan fingerprint density at radius 2 is 1.88 bits per heavy atom. The molecule has 0 saturated heterocycles. The van der Waals surface area contributed by atoms with E-state index in [4.69, 9.17) is 4.74 Å². The van der Waals surface area contributed by atoms with Crippen LogP contribution in [0.4, 0.5) is 5.69 Å². The number of carbonyl (C=O) groups is 1. The number of nitrogens with zero attached hydrogens (tertiary/aromatic N) is 2. The second-order valence-corrected chi connectivity index (χ2v) is 5.96. The highest BCUT2D eigenvalue weighted by atomic mass is 16.5. The van der Waals surface area contributed by atoms with Gasteiger partial charge in [-0.1, -0.05) is 35.9 Å². The number of aliphatic carboxylic acids is 1. The third-order valence-electron chi connectivity index (χ3n) is 4.30. The maximum Gasteiger partial charge on any atom is 0.314 e. The number of benzene rings is 2. The second-order valence-electron chi connectivity index (χ2n) is 5.96. The van der Waals surface area contributed by atoms with E-state index in [-0.39, 0.29) is 6.04 Å². The first-order valence-electron chi connectivity index (χ1n) is 7.79. The highest BCUT2D eigenvalue weighted by molar-refractivity contribution is 6.03. The summed E-state index contributed by atoms with van der Waals surface area (Å²) in [7, 11) is 1.61. The normalized spacial score (nSPS) is 20.0. The third-order valence-corrected chi connectivity index (χ3v) is 4.30. The summed E-state index contributed by atoms with van der Waals surface area (Å²) < 4.78 is 5.28. The van der Waals surface area contributed by atoms with Crippen molar-refractivity contribution in [3.63, 3.8) is 0 Å². The summed E-state index contributed by atoms with van der Waals surface area (Å²) in [5.74, 6) is -0.840. The van der Waals surface area contributed by atoms with E-state index in [1.807, 2.05) is 55.5 Å². The van der Waals surface area contributed by atoms with Crippen LogP contribution in [0.25, 0.3) is 0 Å². The van der Waals surface area contributed by atoms with Gasteiger partial charge < -0.3 is 9.84 Å². The molecule has 2 aromatic carbocycles. The van der Waals surface area contributed by atoms with Gasteiger partial charge in [-0.3, -0.25) is 9.80 Å². The minimum Gasteiger partial charge on any atom is -0.497 e. The molecule has 0 saturated carbocycles. The van der Waals surface area contributed by atoms with E-state index in [0.717, 1.165) is 16.8 Å². The van der Waals surface area contributed by atoms with Gasteiger partial charge in [0.1, 0.15) is 11.7 Å². The molecule has 0 aliphatic carbocycles. The lowest BCUT2D eigenvalue weighted by molar-refractivity contribution is -0.139. The molecule has 2 aromatic rings. The number of methoxy groups -OCH3 is 1. The van der Waals surface area contributed by atoms with Crippen LogP contribution in [0.1, 0.15) is 24.1 Å². The summed E-state index contributed by atoms with van der Waals surface area (Å²) in [6, 6.07) is 15.0. The maximum atomic E-state index is 11.8. The predicted octanol–water partition coefficient (Wildman–Crippen LogP) is 3.64. The molecular weight excluding hydrogens is 304 g/mol. The number of hydrogen-bond donors (Lipinski definition) is 1. The fourth-order valence-corrected chi connectivity index (χ4v) is 3.05. The summed E-state index contributed by atoms with van der Waals surface area (Å²) in [5.41, 5.74) is 3.46. The lowest BCUT2D eigenvalue weighted by Gasteiger charge is -2.27. The lowest BCUT2D eigenvalue weighted by atomic mass is 9.90. The molecule has 0 bridgehead atoms. The minimum absolute atomic E-state index is 0.379. The second kappa shape index (κ2) is 6.35. The largest absolute Gasteiger partial charge is 0.497 e. The molecule has 5 heteroatoms. The van der Waals surface area contributed by atoms with Gasteiger partial charge in [0.15, 0.2) is 0 Å². The van der Waals surface area contributed by atoms with Crippen LogP contribution in [0.5, 0.6) is 5.75 Å². The summed E-state index contributed by atoms with van der Waals surface area (Å²) >= 11 is 0. The van der Waals surface area contributed by atoms with Gasteiger partial charge in [-0.25, -0.2) is 0 Å². The van der Waals surface area contributed by atoms with Crippen molar-refractivity contribution in [3.8, 4) is 5.75 Å². The Labute approximate surface area is 141 Å². The fourth-order valence-electron chi connectivity index (χ4n) is 3.05. The van der Waals surface area contributed by atoms with Crippen molar-refractivity contribution in [2.24, 2.45) is 11.0 Å². The number of ether oxygens (including phenoxy) is 1. The van der Waals surface area contributed by atoms with Gasteiger partial charge >= 0.3 is 5.97 Å². The number of carboxylic acids is 1. The van der Waals surface area contributed by atoms with E-state index in [0.29, 0.717) is 11.5 Å². The summed E-state index contributed by atoms with van der Waals surface area (Å²) in [4.78, 5) is 11.8. The highest BCUT2D eigenvalue weighted by Crippen LogP contribution is 2.40. The van der Waals surface area contributed by atoms with Crippen LogP contribution >= 0.6 is 0 Å². The van der Waals surface area contributed by atoms with E-state index in [1.54, 1.807) is 19.0 Å². The van der Waals surface area contributed by atoms with Crippen LogP contribution in [-0.4, -0.2) is 23.9 Å². The van der Waals surface area contributed by atoms with E-state index < -0.39 is 11.9 Å². The molecule has 0 aromatic heterocycles. The molecule has 2 atom stereocenters. The zero-order valence-corrected chi connectivity index (χ0v) is 13.9. The number of carboxylic acid groups (broad SMARTS) is 1. The lowest BCUT2D eigenvalue weighted by Crippen LogP contribution is -2.30.